The minimum absolute atomic E-state index is 0.0322. The molecule has 0 aliphatic heterocycles. The number of hydrogen-bond donors (Lipinski definition) is 2. The van der Waals surface area contributed by atoms with Gasteiger partial charge < -0.3 is 11.5 Å². The van der Waals surface area contributed by atoms with Crippen LogP contribution in [0, 0.1) is 12.8 Å². The van der Waals surface area contributed by atoms with Gasteiger partial charge in [-0.2, -0.15) is 0 Å². The fourth-order valence-electron chi connectivity index (χ4n) is 2.57. The van der Waals surface area contributed by atoms with Gasteiger partial charge in [0.25, 0.3) is 0 Å². The summed E-state index contributed by atoms with van der Waals surface area (Å²) in [5, 5.41) is 0. The number of rotatable bonds is 2. The number of Topliss-reactive ketones (excluding diaryl/α,β-unsaturated/α-hetero) is 1. The van der Waals surface area contributed by atoms with Crippen LogP contribution in [0.4, 0.5) is 5.82 Å². The van der Waals surface area contributed by atoms with Gasteiger partial charge in [0.05, 0.1) is 5.56 Å². The average molecular weight is 233 g/mol. The van der Waals surface area contributed by atoms with E-state index in [9.17, 15) is 4.79 Å². The van der Waals surface area contributed by atoms with Gasteiger partial charge in [0, 0.05) is 18.2 Å². The Balaban J connectivity index is 2.30. The van der Waals surface area contributed by atoms with Crippen LogP contribution in [0.1, 0.15) is 41.6 Å². The average Bonchev–Trinajstić information content (AvgIpc) is 2.29. The van der Waals surface area contributed by atoms with Crippen molar-refractivity contribution in [3.05, 3.63) is 23.4 Å². The smallest absolute Gasteiger partial charge is 0.171 e. The highest BCUT2D eigenvalue weighted by Crippen LogP contribution is 2.28. The molecule has 92 valence electrons. The maximum atomic E-state index is 12.5. The molecule has 0 spiro atoms. The number of ketones is 1. The van der Waals surface area contributed by atoms with E-state index in [1.54, 1.807) is 6.20 Å². The lowest BCUT2D eigenvalue weighted by molar-refractivity contribution is 0.0871. The minimum Gasteiger partial charge on any atom is -0.383 e. The lowest BCUT2D eigenvalue weighted by atomic mass is 9.80. The highest BCUT2D eigenvalue weighted by molar-refractivity contribution is 6.03. The van der Waals surface area contributed by atoms with Gasteiger partial charge in [-0.3, -0.25) is 4.79 Å². The maximum absolute atomic E-state index is 12.5. The van der Waals surface area contributed by atoms with Crippen molar-refractivity contribution in [3.63, 3.8) is 0 Å². The van der Waals surface area contributed by atoms with E-state index in [4.69, 9.17) is 11.5 Å². The van der Waals surface area contributed by atoms with E-state index in [1.165, 1.54) is 0 Å². The third-order valence-electron chi connectivity index (χ3n) is 3.59. The molecule has 2 unspecified atom stereocenters. The van der Waals surface area contributed by atoms with Crippen molar-refractivity contribution in [2.24, 2.45) is 11.7 Å². The molecule has 4 nitrogen and oxygen atoms in total. The summed E-state index contributed by atoms with van der Waals surface area (Å²) in [5.74, 6) is 0.307. The molecule has 1 aromatic heterocycles. The second-order valence-corrected chi connectivity index (χ2v) is 4.81. The van der Waals surface area contributed by atoms with Gasteiger partial charge in [0.1, 0.15) is 5.82 Å². The van der Waals surface area contributed by atoms with Crippen LogP contribution in [0.15, 0.2) is 12.3 Å². The molecule has 0 amide bonds. The Hall–Kier alpha value is -1.42. The van der Waals surface area contributed by atoms with E-state index >= 15 is 0 Å². The topological polar surface area (TPSA) is 82.0 Å². The molecular weight excluding hydrogens is 214 g/mol. The van der Waals surface area contributed by atoms with E-state index in [1.807, 2.05) is 13.0 Å². The first-order valence-corrected chi connectivity index (χ1v) is 6.12. The highest BCUT2D eigenvalue weighted by atomic mass is 16.1. The Labute approximate surface area is 101 Å². The zero-order chi connectivity index (χ0) is 12.4. The Kier molecular flexibility index (Phi) is 3.43. The highest BCUT2D eigenvalue weighted by Gasteiger charge is 2.30. The predicted molar refractivity (Wildman–Crippen MR) is 67.7 cm³/mol. The van der Waals surface area contributed by atoms with E-state index in [0.717, 1.165) is 31.2 Å². The van der Waals surface area contributed by atoms with Crippen LogP contribution in [0.3, 0.4) is 0 Å². The van der Waals surface area contributed by atoms with E-state index in [2.05, 4.69) is 4.98 Å². The largest absolute Gasteiger partial charge is 0.383 e. The lowest BCUT2D eigenvalue weighted by Gasteiger charge is -2.27. The fourth-order valence-corrected chi connectivity index (χ4v) is 2.57. The zero-order valence-corrected chi connectivity index (χ0v) is 10.1. The van der Waals surface area contributed by atoms with Gasteiger partial charge in [-0.05, 0) is 31.4 Å². The van der Waals surface area contributed by atoms with Gasteiger partial charge >= 0.3 is 0 Å². The molecule has 1 aliphatic carbocycles. The van der Waals surface area contributed by atoms with E-state index in [-0.39, 0.29) is 17.7 Å². The van der Waals surface area contributed by atoms with Crippen molar-refractivity contribution in [3.8, 4) is 0 Å². The van der Waals surface area contributed by atoms with Crippen LogP contribution >= 0.6 is 0 Å². The van der Waals surface area contributed by atoms with Gasteiger partial charge in [-0.15, -0.1) is 0 Å². The van der Waals surface area contributed by atoms with Crippen LogP contribution in [0.5, 0.6) is 0 Å². The summed E-state index contributed by atoms with van der Waals surface area (Å²) in [6.07, 6.45) is 5.61. The number of hydrogen-bond acceptors (Lipinski definition) is 4. The Morgan fingerprint density at radius 1 is 1.41 bits per heavy atom. The molecule has 2 rings (SSSR count). The summed E-state index contributed by atoms with van der Waals surface area (Å²) >= 11 is 0. The number of nitrogens with two attached hydrogens (primary N) is 2. The molecule has 0 bridgehead atoms. The molecule has 17 heavy (non-hydrogen) atoms. The van der Waals surface area contributed by atoms with E-state index in [0.29, 0.717) is 11.4 Å². The second-order valence-electron chi connectivity index (χ2n) is 4.81. The molecule has 1 aliphatic rings. The molecule has 1 saturated carbocycles. The van der Waals surface area contributed by atoms with E-state index < -0.39 is 0 Å². The fraction of sp³-hybridized carbons (Fsp3) is 0.538. The molecule has 1 heterocycles. The number of aromatic nitrogens is 1. The summed E-state index contributed by atoms with van der Waals surface area (Å²) in [6.45, 7) is 1.89. The van der Waals surface area contributed by atoms with Gasteiger partial charge in [-0.25, -0.2) is 4.98 Å². The molecule has 1 aromatic rings. The maximum Gasteiger partial charge on any atom is 0.171 e. The van der Waals surface area contributed by atoms with Crippen LogP contribution in [-0.4, -0.2) is 16.8 Å². The van der Waals surface area contributed by atoms with Crippen molar-refractivity contribution in [2.45, 2.75) is 38.6 Å². The third-order valence-corrected chi connectivity index (χ3v) is 3.59. The van der Waals surface area contributed by atoms with Crippen LogP contribution < -0.4 is 11.5 Å². The normalized spacial score (nSPS) is 24.6. The second kappa shape index (κ2) is 4.84. The van der Waals surface area contributed by atoms with Crippen LogP contribution in [-0.2, 0) is 0 Å². The summed E-state index contributed by atoms with van der Waals surface area (Å²) in [7, 11) is 0. The molecular formula is C13H19N3O. The first-order valence-electron chi connectivity index (χ1n) is 6.12. The first kappa shape index (κ1) is 12.0. The molecule has 2 atom stereocenters. The van der Waals surface area contributed by atoms with Crippen molar-refractivity contribution in [2.75, 3.05) is 5.73 Å². The van der Waals surface area contributed by atoms with Gasteiger partial charge in [0.15, 0.2) is 5.78 Å². The third kappa shape index (κ3) is 2.31. The Morgan fingerprint density at radius 2 is 2.12 bits per heavy atom. The van der Waals surface area contributed by atoms with Crippen LogP contribution in [0.2, 0.25) is 0 Å². The SMILES string of the molecule is Cc1ccnc(N)c1C(=O)C1CCCCC1N. The van der Waals surface area contributed by atoms with Crippen molar-refractivity contribution in [1.82, 2.24) is 4.98 Å². The van der Waals surface area contributed by atoms with Crippen LogP contribution in [0.25, 0.3) is 0 Å². The standard InChI is InChI=1S/C13H19N3O/c1-8-6-7-16-13(15)11(8)12(17)9-4-2-3-5-10(9)14/h6-7,9-10H,2-5,14H2,1H3,(H2,15,16). The number of nitrogen functional groups attached to an aromatic ring is 1. The summed E-state index contributed by atoms with van der Waals surface area (Å²) in [4.78, 5) is 16.4. The summed E-state index contributed by atoms with van der Waals surface area (Å²) < 4.78 is 0. The number of nitrogens with zero attached hydrogens (tertiary/aromatic N) is 1. The number of carbonyl (C=O) groups excluding carboxylic acids is 1. The van der Waals surface area contributed by atoms with Gasteiger partial charge in [0.2, 0.25) is 0 Å². The first-order chi connectivity index (χ1) is 8.11. The predicted octanol–water partition coefficient (Wildman–Crippen LogP) is 1.67. The number of carbonyl (C=O) groups is 1. The lowest BCUT2D eigenvalue weighted by Crippen LogP contribution is -2.38. The van der Waals surface area contributed by atoms with Gasteiger partial charge in [-0.1, -0.05) is 12.8 Å². The quantitative estimate of drug-likeness (QED) is 0.761. The molecule has 4 heteroatoms. The van der Waals surface area contributed by atoms with Crippen molar-refractivity contribution < 1.29 is 4.79 Å². The Morgan fingerprint density at radius 3 is 2.76 bits per heavy atom. The molecule has 0 saturated heterocycles. The minimum atomic E-state index is -0.0889. The number of aryl methyl sites for hydroxylation is 1. The molecule has 4 N–H and O–H groups in total. The summed E-state index contributed by atoms with van der Waals surface area (Å²) in [6, 6.07) is 1.79. The zero-order valence-electron chi connectivity index (χ0n) is 10.1. The molecule has 1 fully saturated rings. The Bertz CT molecular complexity index is 410. The summed E-state index contributed by atoms with van der Waals surface area (Å²) in [5.41, 5.74) is 13.3. The van der Waals surface area contributed by atoms with Crippen molar-refractivity contribution in [1.29, 1.82) is 0 Å². The molecule has 0 radical (unpaired) electrons. The molecule has 0 aromatic carbocycles. The number of pyridine rings is 1. The van der Waals surface area contributed by atoms with Crippen molar-refractivity contribution >= 4 is 11.6 Å². The number of anilines is 1. The monoisotopic (exact) mass is 233 g/mol.